The molecule has 0 aliphatic carbocycles. The lowest BCUT2D eigenvalue weighted by atomic mass is 10.1. The Bertz CT molecular complexity index is 558. The van der Waals surface area contributed by atoms with Gasteiger partial charge >= 0.3 is 0 Å². The molecule has 0 spiro atoms. The molecule has 0 unspecified atom stereocenters. The van der Waals surface area contributed by atoms with E-state index in [1.807, 2.05) is 25.1 Å². The molecule has 0 N–H and O–H groups in total. The van der Waals surface area contributed by atoms with Crippen LogP contribution in [-0.2, 0) is 5.88 Å². The highest BCUT2D eigenvalue weighted by Gasteiger charge is 2.13. The van der Waals surface area contributed by atoms with Gasteiger partial charge in [0.1, 0.15) is 0 Å². The number of nitrogens with zero attached hydrogens (tertiary/aromatic N) is 3. The van der Waals surface area contributed by atoms with E-state index in [0.717, 1.165) is 22.6 Å². The number of hydrogen-bond acceptors (Lipinski definition) is 2. The molecule has 0 aliphatic heterocycles. The number of aryl methyl sites for hydroxylation is 1. The van der Waals surface area contributed by atoms with Gasteiger partial charge in [-0.2, -0.15) is 5.10 Å². The van der Waals surface area contributed by atoms with Crippen LogP contribution in [0, 0.1) is 6.92 Å². The minimum atomic E-state index is -0.826. The van der Waals surface area contributed by atoms with Crippen LogP contribution in [0.2, 0.25) is 0 Å². The number of halogens is 1. The van der Waals surface area contributed by atoms with Crippen LogP contribution in [-0.4, -0.2) is 14.8 Å². The Hall–Kier alpha value is -1.35. The first kappa shape index (κ1) is 10.8. The van der Waals surface area contributed by atoms with Gasteiger partial charge in [0.25, 0.3) is 0 Å². The van der Waals surface area contributed by atoms with Gasteiger partial charge in [0.05, 0.1) is 12.8 Å². The number of rotatable bonds is 3. The van der Waals surface area contributed by atoms with Crippen LogP contribution in [0.4, 0.5) is 0 Å². The summed E-state index contributed by atoms with van der Waals surface area (Å²) >= 11 is 5.95. The summed E-state index contributed by atoms with van der Waals surface area (Å²) in [5, 5.41) is 4.21. The Morgan fingerprint density at radius 1 is 1.41 bits per heavy atom. The van der Waals surface area contributed by atoms with Crippen LogP contribution in [0.1, 0.15) is 32.5 Å². The summed E-state index contributed by atoms with van der Waals surface area (Å²) in [5.41, 5.74) is 3.51. The van der Waals surface area contributed by atoms with Crippen molar-refractivity contribution in [3.8, 4) is 11.4 Å². The van der Waals surface area contributed by atoms with Crippen molar-refractivity contribution < 1.29 is 1.37 Å². The maximum Gasteiger partial charge on any atom is 0.0930 e. The van der Waals surface area contributed by atoms with Crippen molar-refractivity contribution in [2.24, 2.45) is 0 Å². The molecule has 0 fully saturated rings. The van der Waals surface area contributed by atoms with Crippen molar-refractivity contribution in [2.45, 2.75) is 32.7 Å². The Balaban J connectivity index is 2.62. The molecule has 2 aromatic heterocycles. The maximum absolute atomic E-state index is 8.10. The van der Waals surface area contributed by atoms with Gasteiger partial charge in [0.15, 0.2) is 0 Å². The molecular weight excluding hydrogens is 234 g/mol. The van der Waals surface area contributed by atoms with Crippen LogP contribution in [0.3, 0.4) is 0 Å². The zero-order valence-electron chi connectivity index (χ0n) is 11.2. The molecule has 3 nitrogen and oxygen atoms in total. The van der Waals surface area contributed by atoms with E-state index in [-0.39, 0.29) is 0 Å². The van der Waals surface area contributed by atoms with Gasteiger partial charge in [0.2, 0.25) is 0 Å². The van der Waals surface area contributed by atoms with E-state index in [0.29, 0.717) is 5.88 Å². The highest BCUT2D eigenvalue weighted by molar-refractivity contribution is 6.17. The van der Waals surface area contributed by atoms with Gasteiger partial charge in [-0.25, -0.2) is 0 Å². The van der Waals surface area contributed by atoms with Gasteiger partial charge in [-0.05, 0) is 38.5 Å². The van der Waals surface area contributed by atoms with Crippen LogP contribution in [0.15, 0.2) is 24.4 Å². The first-order valence-corrected chi connectivity index (χ1v) is 6.04. The normalized spacial score (nSPS) is 12.6. The SMILES string of the molecule is [2H]C(C)(C)n1nccc1-c1nc(C)ccc1CCl. The fourth-order valence-corrected chi connectivity index (χ4v) is 1.97. The highest BCUT2D eigenvalue weighted by Crippen LogP contribution is 2.25. The largest absolute Gasteiger partial charge is 0.261 e. The Morgan fingerprint density at radius 2 is 2.18 bits per heavy atom. The first-order chi connectivity index (χ1) is 8.43. The summed E-state index contributed by atoms with van der Waals surface area (Å²) in [6.07, 6.45) is 1.69. The van der Waals surface area contributed by atoms with Crippen molar-refractivity contribution in [1.29, 1.82) is 0 Å². The van der Waals surface area contributed by atoms with Gasteiger partial charge < -0.3 is 0 Å². The van der Waals surface area contributed by atoms with Crippen LogP contribution in [0.5, 0.6) is 0 Å². The summed E-state index contributed by atoms with van der Waals surface area (Å²) in [6.45, 7) is 5.52. The molecule has 0 aliphatic rings. The van der Waals surface area contributed by atoms with E-state index in [1.54, 1.807) is 24.7 Å². The zero-order valence-corrected chi connectivity index (χ0v) is 11.0. The third-order valence-electron chi connectivity index (χ3n) is 2.57. The van der Waals surface area contributed by atoms with Crippen molar-refractivity contribution in [1.82, 2.24) is 14.8 Å². The van der Waals surface area contributed by atoms with E-state index in [9.17, 15) is 0 Å². The molecule has 17 heavy (non-hydrogen) atoms. The van der Waals surface area contributed by atoms with Crippen molar-refractivity contribution in [3.05, 3.63) is 35.7 Å². The fourth-order valence-electron chi connectivity index (χ4n) is 1.75. The Kier molecular flexibility index (Phi) is 3.10. The van der Waals surface area contributed by atoms with E-state index in [4.69, 9.17) is 13.0 Å². The molecule has 2 rings (SSSR count). The second kappa shape index (κ2) is 4.88. The molecule has 0 saturated heterocycles. The standard InChI is InChI=1S/C13H16ClN3/c1-9(2)17-12(6-7-15-17)13-11(8-14)5-4-10(3)16-13/h4-7,9H,8H2,1-3H3/i9D. The van der Waals surface area contributed by atoms with Gasteiger partial charge in [-0.3, -0.25) is 9.67 Å². The van der Waals surface area contributed by atoms with Crippen LogP contribution >= 0.6 is 11.6 Å². The number of aromatic nitrogens is 3. The van der Waals surface area contributed by atoms with Crippen molar-refractivity contribution in [2.75, 3.05) is 0 Å². The number of hydrogen-bond donors (Lipinski definition) is 0. The highest BCUT2D eigenvalue weighted by atomic mass is 35.5. The van der Waals surface area contributed by atoms with E-state index >= 15 is 0 Å². The van der Waals surface area contributed by atoms with Crippen LogP contribution in [0.25, 0.3) is 11.4 Å². The average Bonchev–Trinajstić information content (AvgIpc) is 2.77. The quantitative estimate of drug-likeness (QED) is 0.780. The predicted octanol–water partition coefficient (Wildman–Crippen LogP) is 3.57. The van der Waals surface area contributed by atoms with Crippen molar-refractivity contribution in [3.63, 3.8) is 0 Å². The summed E-state index contributed by atoms with van der Waals surface area (Å²) < 4.78 is 9.76. The van der Waals surface area contributed by atoms with Crippen molar-refractivity contribution >= 4 is 11.6 Å². The number of pyridine rings is 1. The minimum absolute atomic E-state index is 0.395. The monoisotopic (exact) mass is 250 g/mol. The van der Waals surface area contributed by atoms with Crippen LogP contribution < -0.4 is 0 Å². The molecule has 2 heterocycles. The lowest BCUT2D eigenvalue weighted by Crippen LogP contribution is -2.06. The topological polar surface area (TPSA) is 30.7 Å². The smallest absolute Gasteiger partial charge is 0.0930 e. The summed E-state index contributed by atoms with van der Waals surface area (Å²) in [6, 6.07) is 4.95. The molecule has 0 saturated carbocycles. The molecule has 90 valence electrons. The molecule has 0 bridgehead atoms. The molecule has 0 atom stereocenters. The Labute approximate surface area is 108 Å². The van der Waals surface area contributed by atoms with Gasteiger partial charge in [0, 0.05) is 23.8 Å². The maximum atomic E-state index is 8.10. The summed E-state index contributed by atoms with van der Waals surface area (Å²) in [4.78, 5) is 4.53. The third-order valence-corrected chi connectivity index (χ3v) is 2.86. The lowest BCUT2D eigenvalue weighted by Gasteiger charge is -2.13. The lowest BCUT2D eigenvalue weighted by molar-refractivity contribution is 0.537. The second-order valence-corrected chi connectivity index (χ2v) is 4.44. The molecule has 0 amide bonds. The van der Waals surface area contributed by atoms with Gasteiger partial charge in [-0.15, -0.1) is 11.6 Å². The second-order valence-electron chi connectivity index (χ2n) is 4.17. The van der Waals surface area contributed by atoms with Gasteiger partial charge in [-0.1, -0.05) is 6.07 Å². The van der Waals surface area contributed by atoms with E-state index in [2.05, 4.69) is 10.1 Å². The number of alkyl halides is 1. The molecular formula is C13H16ClN3. The molecule has 0 radical (unpaired) electrons. The van der Waals surface area contributed by atoms with E-state index in [1.165, 1.54) is 0 Å². The third kappa shape index (κ3) is 2.34. The first-order valence-electron chi connectivity index (χ1n) is 6.01. The average molecular weight is 251 g/mol. The summed E-state index contributed by atoms with van der Waals surface area (Å²) in [7, 11) is 0. The molecule has 0 aromatic carbocycles. The fraction of sp³-hybridized carbons (Fsp3) is 0.385. The molecule has 2 aromatic rings. The molecule has 4 heteroatoms. The predicted molar refractivity (Wildman–Crippen MR) is 70.1 cm³/mol. The zero-order chi connectivity index (χ0) is 13.3. The Morgan fingerprint density at radius 3 is 2.82 bits per heavy atom. The minimum Gasteiger partial charge on any atom is -0.261 e. The van der Waals surface area contributed by atoms with E-state index < -0.39 is 6.02 Å². The summed E-state index contributed by atoms with van der Waals surface area (Å²) in [5.74, 6) is 0.395.